The second kappa shape index (κ2) is 14.9. The van der Waals surface area contributed by atoms with Crippen LogP contribution in [-0.2, 0) is 10.8 Å². The van der Waals surface area contributed by atoms with Crippen molar-refractivity contribution in [2.24, 2.45) is 0 Å². The average molecular weight is 828 g/mol. The number of fused-ring (bicyclic) bond motifs is 13. The normalized spacial score (nSPS) is 16.2. The Morgan fingerprint density at radius 3 is 1.90 bits per heavy atom. The van der Waals surface area contributed by atoms with E-state index in [9.17, 15) is 0 Å². The lowest BCUT2D eigenvalue weighted by molar-refractivity contribution is 0.660. The second-order valence-electron chi connectivity index (χ2n) is 17.7. The van der Waals surface area contributed by atoms with Gasteiger partial charge in [-0.15, -0.1) is 11.8 Å². The Morgan fingerprint density at radius 1 is 0.556 bits per heavy atom. The summed E-state index contributed by atoms with van der Waals surface area (Å²) in [6, 6.07) is 66.2. The van der Waals surface area contributed by atoms with Crippen LogP contribution in [-0.4, -0.2) is 6.26 Å². The molecule has 1 atom stereocenters. The molecule has 1 spiro atoms. The number of hydrogen-bond acceptors (Lipinski definition) is 2. The lowest BCUT2D eigenvalue weighted by Gasteiger charge is -2.31. The molecule has 8 aromatic carbocycles. The van der Waals surface area contributed by atoms with Crippen LogP contribution in [0.2, 0.25) is 0 Å². The van der Waals surface area contributed by atoms with Crippen molar-refractivity contribution in [3.63, 3.8) is 0 Å². The number of anilines is 2. The maximum Gasteiger partial charge on any atom is 0.0726 e. The molecule has 1 nitrogen and oxygen atoms in total. The zero-order chi connectivity index (χ0) is 43.0. The van der Waals surface area contributed by atoms with E-state index in [0.29, 0.717) is 0 Å². The van der Waals surface area contributed by atoms with Gasteiger partial charge in [-0.3, -0.25) is 0 Å². The van der Waals surface area contributed by atoms with Crippen LogP contribution in [0.1, 0.15) is 65.3 Å². The molecule has 0 saturated carbocycles. The molecule has 0 bridgehead atoms. The number of benzene rings is 8. The van der Waals surface area contributed by atoms with E-state index in [1.54, 1.807) is 11.8 Å². The summed E-state index contributed by atoms with van der Waals surface area (Å²) >= 11 is 1.80. The minimum atomic E-state index is -0.500. The van der Waals surface area contributed by atoms with Gasteiger partial charge in [0.25, 0.3) is 0 Å². The summed E-state index contributed by atoms with van der Waals surface area (Å²) in [4.78, 5) is 3.77. The zero-order valence-electron chi connectivity index (χ0n) is 36.5. The number of nitrogens with zero attached hydrogens (tertiary/aromatic N) is 1. The van der Waals surface area contributed by atoms with Crippen molar-refractivity contribution in [3.05, 3.63) is 251 Å². The molecule has 63 heavy (non-hydrogen) atoms. The third kappa shape index (κ3) is 5.71. The van der Waals surface area contributed by atoms with Gasteiger partial charge in [0.15, 0.2) is 0 Å². The Bertz CT molecular complexity index is 3250. The van der Waals surface area contributed by atoms with Crippen LogP contribution in [0, 0.1) is 6.92 Å². The molecule has 0 N–H and O–H groups in total. The first kappa shape index (κ1) is 39.0. The molecule has 0 amide bonds. The molecule has 304 valence electrons. The molecule has 0 aromatic heterocycles. The number of thioether (sulfide) groups is 1. The first-order valence-corrected chi connectivity index (χ1v) is 23.2. The van der Waals surface area contributed by atoms with Gasteiger partial charge >= 0.3 is 0 Å². The van der Waals surface area contributed by atoms with Gasteiger partial charge in [-0.2, -0.15) is 0 Å². The fourth-order valence-electron chi connectivity index (χ4n) is 11.2. The van der Waals surface area contributed by atoms with E-state index in [1.807, 2.05) is 6.08 Å². The fourth-order valence-corrected chi connectivity index (χ4v) is 11.8. The molecule has 0 saturated heterocycles. The lowest BCUT2D eigenvalue weighted by atomic mass is 9.70. The molecular weight excluding hydrogens is 779 g/mol. The van der Waals surface area contributed by atoms with Crippen molar-refractivity contribution in [3.8, 4) is 44.5 Å². The van der Waals surface area contributed by atoms with Crippen LogP contribution in [0.4, 0.5) is 11.4 Å². The molecule has 3 aliphatic rings. The van der Waals surface area contributed by atoms with E-state index in [1.165, 1.54) is 93.9 Å². The van der Waals surface area contributed by atoms with Crippen LogP contribution in [0.15, 0.2) is 211 Å². The highest BCUT2D eigenvalue weighted by atomic mass is 32.2. The third-order valence-electron chi connectivity index (χ3n) is 14.1. The molecule has 2 heteroatoms. The Kier molecular flexibility index (Phi) is 9.22. The van der Waals surface area contributed by atoms with Crippen LogP contribution in [0.3, 0.4) is 0 Å². The molecule has 0 radical (unpaired) electrons. The van der Waals surface area contributed by atoms with Gasteiger partial charge in [-0.1, -0.05) is 178 Å². The van der Waals surface area contributed by atoms with Crippen molar-refractivity contribution in [1.82, 2.24) is 0 Å². The van der Waals surface area contributed by atoms with Gasteiger partial charge in [-0.25, -0.2) is 0 Å². The lowest BCUT2D eigenvalue weighted by Crippen LogP contribution is -2.26. The van der Waals surface area contributed by atoms with Crippen molar-refractivity contribution in [2.45, 2.75) is 43.4 Å². The van der Waals surface area contributed by atoms with E-state index in [0.717, 1.165) is 22.5 Å². The van der Waals surface area contributed by atoms with Crippen LogP contribution in [0.25, 0.3) is 50.1 Å². The standard InChI is InChI=1S/C61H49NS/c1-7-19-39(2)50(43-21-9-8-20-40(43)3)38-62(42-33-34-47-45-23-10-14-26-51(45)60(4,5)56(47)37-42)57-30-18-29-55-59(57)48-25-12-16-28-53(48)61(55)52-27-15-11-24-46(52)49-36-41(32-35-54(49)61)44-22-13-17-31-58(44)63-6/h7-38H,1H2,2-6H3/b39-19-,50-38+. The minimum absolute atomic E-state index is 0.156. The number of rotatable bonds is 8. The first-order chi connectivity index (χ1) is 30.8. The Labute approximate surface area is 376 Å². The third-order valence-corrected chi connectivity index (χ3v) is 14.9. The molecule has 11 rings (SSSR count). The molecule has 1 unspecified atom stereocenters. The van der Waals surface area contributed by atoms with E-state index >= 15 is 0 Å². The number of aryl methyl sites for hydroxylation is 1. The average Bonchev–Trinajstić information content (AvgIpc) is 3.88. The highest BCUT2D eigenvalue weighted by Crippen LogP contribution is 2.65. The second-order valence-corrected chi connectivity index (χ2v) is 18.6. The predicted octanol–water partition coefficient (Wildman–Crippen LogP) is 16.3. The zero-order valence-corrected chi connectivity index (χ0v) is 37.4. The van der Waals surface area contributed by atoms with Crippen molar-refractivity contribution in [1.29, 1.82) is 0 Å². The fraction of sp³-hybridized carbons (Fsp3) is 0.115. The SMILES string of the molecule is C=C/C=C(C)\C(=C/N(c1ccc2c(c1)C(C)(C)c1ccccc1-2)c1cccc2c1-c1ccccc1C21c2ccccc2-c2cc(-c3ccccc3SC)ccc21)c1ccccc1C. The Morgan fingerprint density at radius 2 is 1.16 bits per heavy atom. The van der Waals surface area contributed by atoms with Gasteiger partial charge < -0.3 is 4.90 Å². The summed E-state index contributed by atoms with van der Waals surface area (Å²) in [6.07, 6.45) is 8.60. The van der Waals surface area contributed by atoms with E-state index < -0.39 is 5.41 Å². The maximum atomic E-state index is 4.13. The number of hydrogen-bond donors (Lipinski definition) is 0. The highest BCUT2D eigenvalue weighted by Gasteiger charge is 2.52. The van der Waals surface area contributed by atoms with Gasteiger partial charge in [0.05, 0.1) is 11.1 Å². The summed E-state index contributed by atoms with van der Waals surface area (Å²) in [7, 11) is 0. The van der Waals surface area contributed by atoms with Gasteiger partial charge in [0.1, 0.15) is 0 Å². The van der Waals surface area contributed by atoms with Crippen LogP contribution >= 0.6 is 11.8 Å². The van der Waals surface area contributed by atoms with E-state index in [-0.39, 0.29) is 5.41 Å². The van der Waals surface area contributed by atoms with Crippen molar-refractivity contribution in [2.75, 3.05) is 11.2 Å². The predicted molar refractivity (Wildman–Crippen MR) is 269 cm³/mol. The Hall–Kier alpha value is -6.87. The monoisotopic (exact) mass is 827 g/mol. The topological polar surface area (TPSA) is 3.24 Å². The summed E-state index contributed by atoms with van der Waals surface area (Å²) < 4.78 is 0. The molecule has 3 aliphatic carbocycles. The summed E-state index contributed by atoms with van der Waals surface area (Å²) in [5.41, 5.74) is 24.7. The summed E-state index contributed by atoms with van der Waals surface area (Å²) in [6.45, 7) is 13.3. The maximum absolute atomic E-state index is 4.13. The van der Waals surface area contributed by atoms with E-state index in [4.69, 9.17) is 0 Å². The summed E-state index contributed by atoms with van der Waals surface area (Å²) in [5.74, 6) is 0. The van der Waals surface area contributed by atoms with Crippen molar-refractivity contribution >= 4 is 28.7 Å². The molecule has 8 aromatic rings. The molecular formula is C61H49NS. The minimum Gasteiger partial charge on any atom is -0.316 e. The molecule has 0 aliphatic heterocycles. The first-order valence-electron chi connectivity index (χ1n) is 22.0. The van der Waals surface area contributed by atoms with Crippen LogP contribution in [0.5, 0.6) is 0 Å². The highest BCUT2D eigenvalue weighted by molar-refractivity contribution is 7.98. The quantitative estimate of drug-likeness (QED) is 0.111. The number of allylic oxidation sites excluding steroid dienone is 4. The summed E-state index contributed by atoms with van der Waals surface area (Å²) in [5, 5.41) is 0. The van der Waals surface area contributed by atoms with Crippen molar-refractivity contribution < 1.29 is 0 Å². The molecule has 0 fully saturated rings. The molecule has 0 heterocycles. The smallest absolute Gasteiger partial charge is 0.0726 e. The largest absolute Gasteiger partial charge is 0.316 e. The Balaban J connectivity index is 1.20. The van der Waals surface area contributed by atoms with E-state index in [2.05, 4.69) is 234 Å². The van der Waals surface area contributed by atoms with Gasteiger partial charge in [-0.05, 0) is 139 Å². The van der Waals surface area contributed by atoms with Gasteiger partial charge in [0.2, 0.25) is 0 Å². The van der Waals surface area contributed by atoms with Gasteiger partial charge in [0, 0.05) is 33.3 Å². The van der Waals surface area contributed by atoms with Crippen LogP contribution < -0.4 is 4.90 Å².